The molecule has 0 aliphatic carbocycles. The van der Waals surface area contributed by atoms with Gasteiger partial charge in [-0.15, -0.1) is 0 Å². The predicted molar refractivity (Wildman–Crippen MR) is 109 cm³/mol. The van der Waals surface area contributed by atoms with Crippen LogP contribution < -0.4 is 10.6 Å². The van der Waals surface area contributed by atoms with Crippen LogP contribution in [-0.2, 0) is 19.6 Å². The van der Waals surface area contributed by atoms with E-state index in [1.807, 2.05) is 27.7 Å². The molecule has 2 amide bonds. The van der Waals surface area contributed by atoms with E-state index in [9.17, 15) is 18.0 Å². The second-order valence-corrected chi connectivity index (χ2v) is 9.74. The highest BCUT2D eigenvalue weighted by molar-refractivity contribution is 7.89. The average Bonchev–Trinajstić information content (AvgIpc) is 2.59. The maximum atomic E-state index is 13.1. The Morgan fingerprint density at radius 2 is 1.61 bits per heavy atom. The Morgan fingerprint density at radius 3 is 2.07 bits per heavy atom. The van der Waals surface area contributed by atoms with Crippen LogP contribution in [0.5, 0.6) is 0 Å². The Bertz CT molecular complexity index is 795. The van der Waals surface area contributed by atoms with Gasteiger partial charge in [0.25, 0.3) is 0 Å². The number of carbonyl (C=O) groups is 2. The Morgan fingerprint density at radius 1 is 1.07 bits per heavy atom. The van der Waals surface area contributed by atoms with Crippen LogP contribution in [-0.4, -0.2) is 42.7 Å². The molecule has 1 aliphatic rings. The van der Waals surface area contributed by atoms with Gasteiger partial charge in [-0.2, -0.15) is 4.31 Å². The molecule has 2 rings (SSSR count). The van der Waals surface area contributed by atoms with Crippen molar-refractivity contribution in [1.29, 1.82) is 0 Å². The van der Waals surface area contributed by atoms with Gasteiger partial charge in [0.15, 0.2) is 0 Å². The molecule has 0 bridgehead atoms. The lowest BCUT2D eigenvalue weighted by Gasteiger charge is -2.37. The summed E-state index contributed by atoms with van der Waals surface area (Å²) in [6.07, 6.45) is 2.75. The lowest BCUT2D eigenvalue weighted by Crippen LogP contribution is -2.47. The standard InChI is InChI=1S/C20H31N3O4S/c1-13(2)19(21-16(5)24)20(25)22-17-9-11-18(12-10-17)28(26,27)23-14(3)7-6-8-15(23)4/h9-15,19H,6-8H2,1-5H3,(H,21,24)(H,22,25)/t14-,15-,19-/m1/s1. The molecule has 7 nitrogen and oxygen atoms in total. The smallest absolute Gasteiger partial charge is 0.247 e. The third kappa shape index (κ3) is 5.11. The second-order valence-electron chi connectivity index (χ2n) is 7.90. The number of rotatable bonds is 6. The lowest BCUT2D eigenvalue weighted by atomic mass is 10.0. The Balaban J connectivity index is 2.16. The van der Waals surface area contributed by atoms with Crippen LogP contribution in [0.25, 0.3) is 0 Å². The molecule has 156 valence electrons. The minimum atomic E-state index is -3.59. The molecule has 0 saturated carbocycles. The summed E-state index contributed by atoms with van der Waals surface area (Å²) < 4.78 is 27.7. The second kappa shape index (κ2) is 9.05. The number of sulfonamides is 1. The fraction of sp³-hybridized carbons (Fsp3) is 0.600. The maximum absolute atomic E-state index is 13.1. The quantitative estimate of drug-likeness (QED) is 0.755. The molecule has 1 heterocycles. The zero-order valence-corrected chi connectivity index (χ0v) is 18.0. The molecular formula is C20H31N3O4S. The molecule has 0 spiro atoms. The number of anilines is 1. The maximum Gasteiger partial charge on any atom is 0.247 e. The summed E-state index contributed by atoms with van der Waals surface area (Å²) in [5.74, 6) is -0.690. The third-order valence-corrected chi connectivity index (χ3v) is 7.26. The van der Waals surface area contributed by atoms with Crippen molar-refractivity contribution in [1.82, 2.24) is 9.62 Å². The van der Waals surface area contributed by atoms with E-state index in [0.717, 1.165) is 19.3 Å². The first-order chi connectivity index (χ1) is 13.0. The Kier molecular flexibility index (Phi) is 7.22. The monoisotopic (exact) mass is 409 g/mol. The minimum Gasteiger partial charge on any atom is -0.344 e. The highest BCUT2D eigenvalue weighted by Gasteiger charge is 2.35. The van der Waals surface area contributed by atoms with E-state index in [-0.39, 0.29) is 34.7 Å². The topological polar surface area (TPSA) is 95.6 Å². The van der Waals surface area contributed by atoms with Crippen LogP contribution in [0.15, 0.2) is 29.2 Å². The van der Waals surface area contributed by atoms with Crippen LogP contribution >= 0.6 is 0 Å². The van der Waals surface area contributed by atoms with Crippen molar-refractivity contribution in [3.63, 3.8) is 0 Å². The van der Waals surface area contributed by atoms with E-state index in [2.05, 4.69) is 10.6 Å². The first-order valence-electron chi connectivity index (χ1n) is 9.75. The van der Waals surface area contributed by atoms with E-state index in [4.69, 9.17) is 0 Å². The number of amides is 2. The summed E-state index contributed by atoms with van der Waals surface area (Å²) in [6.45, 7) is 8.93. The number of benzene rings is 1. The van der Waals surface area contributed by atoms with E-state index >= 15 is 0 Å². The Hall–Kier alpha value is -1.93. The summed E-state index contributed by atoms with van der Waals surface area (Å²) in [5.41, 5.74) is 0.486. The molecular weight excluding hydrogens is 378 g/mol. The average molecular weight is 410 g/mol. The van der Waals surface area contributed by atoms with Gasteiger partial charge < -0.3 is 10.6 Å². The first-order valence-corrected chi connectivity index (χ1v) is 11.2. The molecule has 0 radical (unpaired) electrons. The van der Waals surface area contributed by atoms with E-state index < -0.39 is 16.1 Å². The van der Waals surface area contributed by atoms with Gasteiger partial charge in [0, 0.05) is 24.7 Å². The van der Waals surface area contributed by atoms with Crippen LogP contribution in [0.1, 0.15) is 53.9 Å². The van der Waals surface area contributed by atoms with E-state index in [1.54, 1.807) is 16.4 Å². The van der Waals surface area contributed by atoms with Crippen molar-refractivity contribution in [2.45, 2.75) is 76.9 Å². The van der Waals surface area contributed by atoms with Gasteiger partial charge >= 0.3 is 0 Å². The molecule has 3 atom stereocenters. The number of carbonyl (C=O) groups excluding carboxylic acids is 2. The highest BCUT2D eigenvalue weighted by Crippen LogP contribution is 2.30. The van der Waals surface area contributed by atoms with Gasteiger partial charge in [0.05, 0.1) is 4.90 Å². The normalized spacial score (nSPS) is 21.9. The van der Waals surface area contributed by atoms with Gasteiger partial charge in [-0.25, -0.2) is 8.42 Å². The number of hydrogen-bond acceptors (Lipinski definition) is 4. The summed E-state index contributed by atoms with van der Waals surface area (Å²) in [5, 5.41) is 5.38. The molecule has 1 aromatic carbocycles. The van der Waals surface area contributed by atoms with Gasteiger partial charge in [0.2, 0.25) is 21.8 Å². The number of nitrogens with one attached hydrogen (secondary N) is 2. The molecule has 1 aromatic rings. The molecule has 0 aromatic heterocycles. The SMILES string of the molecule is CC(=O)N[C@@H](C(=O)Nc1ccc(S(=O)(=O)N2[C@H](C)CCC[C@H]2C)cc1)C(C)C. The van der Waals surface area contributed by atoms with Crippen LogP contribution in [0.2, 0.25) is 0 Å². The fourth-order valence-corrected chi connectivity index (χ4v) is 5.56. The zero-order valence-electron chi connectivity index (χ0n) is 17.2. The summed E-state index contributed by atoms with van der Waals surface area (Å²) in [6, 6.07) is 5.47. The first kappa shape index (κ1) is 22.4. The summed E-state index contributed by atoms with van der Waals surface area (Å²) in [7, 11) is -3.59. The largest absolute Gasteiger partial charge is 0.344 e. The van der Waals surface area contributed by atoms with Crippen LogP contribution in [0, 0.1) is 5.92 Å². The van der Waals surface area contributed by atoms with E-state index in [0.29, 0.717) is 5.69 Å². The molecule has 1 fully saturated rings. The third-order valence-electron chi connectivity index (χ3n) is 5.12. The van der Waals surface area contributed by atoms with Crippen molar-refractivity contribution >= 4 is 27.5 Å². The molecule has 28 heavy (non-hydrogen) atoms. The van der Waals surface area contributed by atoms with Gasteiger partial charge in [-0.05, 0) is 56.9 Å². The predicted octanol–water partition coefficient (Wildman–Crippen LogP) is 2.74. The Labute approximate surface area is 167 Å². The molecule has 8 heteroatoms. The van der Waals surface area contributed by atoms with Crippen molar-refractivity contribution in [3.8, 4) is 0 Å². The van der Waals surface area contributed by atoms with Crippen molar-refractivity contribution in [2.24, 2.45) is 5.92 Å². The van der Waals surface area contributed by atoms with Gasteiger partial charge in [-0.3, -0.25) is 9.59 Å². The van der Waals surface area contributed by atoms with Crippen LogP contribution in [0.4, 0.5) is 5.69 Å². The molecule has 2 N–H and O–H groups in total. The number of piperidine rings is 1. The minimum absolute atomic E-state index is 0.0300. The molecule has 1 aliphatic heterocycles. The van der Waals surface area contributed by atoms with Gasteiger partial charge in [0.1, 0.15) is 6.04 Å². The fourth-order valence-electron chi connectivity index (χ4n) is 3.68. The van der Waals surface area contributed by atoms with Crippen molar-refractivity contribution in [3.05, 3.63) is 24.3 Å². The zero-order chi connectivity index (χ0) is 21.1. The molecule has 1 saturated heterocycles. The van der Waals surface area contributed by atoms with E-state index in [1.165, 1.54) is 19.1 Å². The summed E-state index contributed by atoms with van der Waals surface area (Å²) >= 11 is 0. The lowest BCUT2D eigenvalue weighted by molar-refractivity contribution is -0.126. The summed E-state index contributed by atoms with van der Waals surface area (Å²) in [4.78, 5) is 24.0. The highest BCUT2D eigenvalue weighted by atomic mass is 32.2. The van der Waals surface area contributed by atoms with Crippen LogP contribution in [0.3, 0.4) is 0 Å². The van der Waals surface area contributed by atoms with Crippen molar-refractivity contribution < 1.29 is 18.0 Å². The van der Waals surface area contributed by atoms with Crippen molar-refractivity contribution in [2.75, 3.05) is 5.32 Å². The van der Waals surface area contributed by atoms with Gasteiger partial charge in [-0.1, -0.05) is 20.3 Å². The number of nitrogens with zero attached hydrogens (tertiary/aromatic N) is 1. The number of hydrogen-bond donors (Lipinski definition) is 2. The molecule has 0 unspecified atom stereocenters.